The second-order valence-corrected chi connectivity index (χ2v) is 4.42. The topological polar surface area (TPSA) is 66.0 Å². The van der Waals surface area contributed by atoms with Crippen LogP contribution in [0.2, 0.25) is 0 Å². The molecule has 0 bridgehead atoms. The Morgan fingerprint density at radius 2 is 0.778 bits per heavy atom. The van der Waals surface area contributed by atoms with Gasteiger partial charge in [0, 0.05) is 0 Å². The summed E-state index contributed by atoms with van der Waals surface area (Å²) in [7, 11) is 0. The Kier molecular flexibility index (Phi) is 14.4. The van der Waals surface area contributed by atoms with E-state index in [0.717, 1.165) is 25.7 Å². The van der Waals surface area contributed by atoms with Crippen LogP contribution in [0.3, 0.4) is 0 Å². The van der Waals surface area contributed by atoms with Gasteiger partial charge in [-0.15, -0.1) is 0 Å². The highest BCUT2D eigenvalue weighted by molar-refractivity contribution is 4.51. The molecule has 0 spiro atoms. The summed E-state index contributed by atoms with van der Waals surface area (Å²) >= 11 is 0. The molecular formula is C14H24N2O2. The fourth-order valence-electron chi connectivity index (χ4n) is 1.85. The van der Waals surface area contributed by atoms with Crippen LogP contribution in [0.4, 0.5) is 0 Å². The molecule has 0 rings (SSSR count). The van der Waals surface area contributed by atoms with Crippen molar-refractivity contribution in [3.8, 4) is 12.5 Å². The molecule has 0 aliphatic carbocycles. The van der Waals surface area contributed by atoms with Crippen LogP contribution in [-0.2, 0) is 9.47 Å². The van der Waals surface area contributed by atoms with Crippen molar-refractivity contribution in [1.29, 1.82) is 10.5 Å². The number of ether oxygens (including phenoxy) is 2. The average Bonchev–Trinajstić information content (AvgIpc) is 2.39. The Morgan fingerprint density at radius 1 is 0.500 bits per heavy atom. The summed E-state index contributed by atoms with van der Waals surface area (Å²) < 4.78 is 9.22. The van der Waals surface area contributed by atoms with Crippen LogP contribution in [-0.4, -0.2) is 13.2 Å². The first kappa shape index (κ1) is 16.6. The van der Waals surface area contributed by atoms with Gasteiger partial charge >= 0.3 is 0 Å². The van der Waals surface area contributed by atoms with E-state index in [2.05, 4.69) is 9.47 Å². The highest BCUT2D eigenvalue weighted by Gasteiger charge is 1.93. The summed E-state index contributed by atoms with van der Waals surface area (Å²) in [5, 5.41) is 16.3. The lowest BCUT2D eigenvalue weighted by Gasteiger charge is -2.02. The van der Waals surface area contributed by atoms with Crippen LogP contribution in [0.5, 0.6) is 0 Å². The second-order valence-electron chi connectivity index (χ2n) is 4.42. The minimum absolute atomic E-state index is 0.571. The highest BCUT2D eigenvalue weighted by atomic mass is 16.5. The van der Waals surface area contributed by atoms with E-state index in [0.29, 0.717) is 13.2 Å². The fourth-order valence-corrected chi connectivity index (χ4v) is 1.85. The molecule has 0 unspecified atom stereocenters. The van der Waals surface area contributed by atoms with Crippen molar-refractivity contribution in [2.24, 2.45) is 0 Å². The lowest BCUT2D eigenvalue weighted by atomic mass is 10.1. The molecule has 0 aliphatic rings. The van der Waals surface area contributed by atoms with Crippen molar-refractivity contribution in [2.75, 3.05) is 13.2 Å². The number of hydrogen-bond acceptors (Lipinski definition) is 4. The number of nitriles is 2. The first-order valence-electron chi connectivity index (χ1n) is 6.93. The van der Waals surface area contributed by atoms with Crippen LogP contribution >= 0.6 is 0 Å². The summed E-state index contributed by atoms with van der Waals surface area (Å²) in [4.78, 5) is 0. The monoisotopic (exact) mass is 252 g/mol. The Labute approximate surface area is 110 Å². The predicted octanol–water partition coefficient (Wildman–Crippen LogP) is 3.88. The molecular weight excluding hydrogens is 228 g/mol. The van der Waals surface area contributed by atoms with E-state index in [1.54, 1.807) is 12.5 Å². The molecule has 0 radical (unpaired) electrons. The van der Waals surface area contributed by atoms with E-state index < -0.39 is 0 Å². The van der Waals surface area contributed by atoms with Gasteiger partial charge in [0.05, 0.1) is 0 Å². The summed E-state index contributed by atoms with van der Waals surface area (Å²) in [5.41, 5.74) is 0. The molecule has 4 nitrogen and oxygen atoms in total. The van der Waals surface area contributed by atoms with Gasteiger partial charge < -0.3 is 9.47 Å². The van der Waals surface area contributed by atoms with E-state index in [9.17, 15) is 0 Å². The van der Waals surface area contributed by atoms with Crippen LogP contribution < -0.4 is 0 Å². The van der Waals surface area contributed by atoms with Gasteiger partial charge in [-0.1, -0.05) is 51.4 Å². The molecule has 18 heavy (non-hydrogen) atoms. The molecule has 0 aromatic carbocycles. The normalized spacial score (nSPS) is 9.44. The maximum Gasteiger partial charge on any atom is 0.286 e. The van der Waals surface area contributed by atoms with Crippen molar-refractivity contribution in [2.45, 2.75) is 64.2 Å². The molecule has 0 aliphatic heterocycles. The number of rotatable bonds is 13. The van der Waals surface area contributed by atoms with Gasteiger partial charge in [0.1, 0.15) is 13.2 Å². The molecule has 4 heteroatoms. The maximum absolute atomic E-state index is 8.16. The summed E-state index contributed by atoms with van der Waals surface area (Å²) in [6.07, 6.45) is 15.3. The fraction of sp³-hybridized carbons (Fsp3) is 0.857. The van der Waals surface area contributed by atoms with Crippen molar-refractivity contribution in [3.63, 3.8) is 0 Å². The minimum atomic E-state index is 0.571. The van der Waals surface area contributed by atoms with Crippen LogP contribution in [0.15, 0.2) is 0 Å². The zero-order chi connectivity index (χ0) is 13.3. The summed E-state index contributed by atoms with van der Waals surface area (Å²) in [6.45, 7) is 1.14. The van der Waals surface area contributed by atoms with E-state index in [4.69, 9.17) is 10.5 Å². The molecule has 102 valence electrons. The predicted molar refractivity (Wildman–Crippen MR) is 69.3 cm³/mol. The first-order valence-corrected chi connectivity index (χ1v) is 6.93. The highest BCUT2D eigenvalue weighted by Crippen LogP contribution is 2.10. The van der Waals surface area contributed by atoms with Gasteiger partial charge in [0.25, 0.3) is 12.5 Å². The lowest BCUT2D eigenvalue weighted by Crippen LogP contribution is -1.89. The van der Waals surface area contributed by atoms with Gasteiger partial charge in [-0.3, -0.25) is 0 Å². The molecule has 0 amide bonds. The Bertz CT molecular complexity index is 217. The van der Waals surface area contributed by atoms with Gasteiger partial charge in [0.15, 0.2) is 0 Å². The quantitative estimate of drug-likeness (QED) is 0.368. The van der Waals surface area contributed by atoms with E-state index in [-0.39, 0.29) is 0 Å². The molecule has 0 saturated carbocycles. The molecule has 0 heterocycles. The molecule has 0 fully saturated rings. The number of hydrogen-bond donors (Lipinski definition) is 0. The standard InChI is InChI=1S/C14H24N2O2/c15-13-17-11-9-7-5-3-1-2-4-6-8-10-12-18-14-16/h1-12H2. The first-order chi connectivity index (χ1) is 8.91. The molecule has 0 N–H and O–H groups in total. The van der Waals surface area contributed by atoms with Gasteiger partial charge in [-0.25, -0.2) is 0 Å². The average molecular weight is 252 g/mol. The molecule has 0 aromatic rings. The number of unbranched alkanes of at least 4 members (excludes halogenated alkanes) is 9. The third-order valence-corrected chi connectivity index (χ3v) is 2.87. The number of nitrogens with zero attached hydrogens (tertiary/aromatic N) is 2. The van der Waals surface area contributed by atoms with Gasteiger partial charge in [0.2, 0.25) is 0 Å². The third-order valence-electron chi connectivity index (χ3n) is 2.87. The van der Waals surface area contributed by atoms with Gasteiger partial charge in [-0.2, -0.15) is 10.5 Å². The van der Waals surface area contributed by atoms with E-state index >= 15 is 0 Å². The van der Waals surface area contributed by atoms with Crippen LogP contribution in [0, 0.1) is 23.0 Å². The summed E-state index contributed by atoms with van der Waals surface area (Å²) in [5.74, 6) is 0. The Morgan fingerprint density at radius 3 is 1.06 bits per heavy atom. The minimum Gasteiger partial charge on any atom is -0.428 e. The zero-order valence-electron chi connectivity index (χ0n) is 11.2. The van der Waals surface area contributed by atoms with Crippen LogP contribution in [0.1, 0.15) is 64.2 Å². The smallest absolute Gasteiger partial charge is 0.286 e. The summed E-state index contributed by atoms with van der Waals surface area (Å²) in [6, 6.07) is 0. The molecule has 0 aromatic heterocycles. The lowest BCUT2D eigenvalue weighted by molar-refractivity contribution is 0.259. The second kappa shape index (κ2) is 15.6. The van der Waals surface area contributed by atoms with Crippen molar-refractivity contribution < 1.29 is 9.47 Å². The van der Waals surface area contributed by atoms with Crippen molar-refractivity contribution >= 4 is 0 Å². The van der Waals surface area contributed by atoms with Crippen molar-refractivity contribution in [1.82, 2.24) is 0 Å². The SMILES string of the molecule is N#COCCCCCCCCCCCCOC#N. The Hall–Kier alpha value is -1.42. The Balaban J connectivity index is 2.91. The zero-order valence-corrected chi connectivity index (χ0v) is 11.2. The van der Waals surface area contributed by atoms with Crippen LogP contribution in [0.25, 0.3) is 0 Å². The van der Waals surface area contributed by atoms with E-state index in [1.165, 1.54) is 38.5 Å². The molecule has 0 atom stereocenters. The van der Waals surface area contributed by atoms with Gasteiger partial charge in [-0.05, 0) is 12.8 Å². The van der Waals surface area contributed by atoms with Crippen molar-refractivity contribution in [3.05, 3.63) is 0 Å². The largest absolute Gasteiger partial charge is 0.428 e. The third kappa shape index (κ3) is 14.6. The maximum atomic E-state index is 8.16. The molecule has 0 saturated heterocycles. The van der Waals surface area contributed by atoms with E-state index in [1.807, 2.05) is 0 Å².